The average Bonchev–Trinajstić information content (AvgIpc) is 3.25. The van der Waals surface area contributed by atoms with E-state index in [4.69, 9.17) is 9.15 Å². The molecule has 3 aromatic rings. The molecule has 3 rings (SSSR count). The fourth-order valence-corrected chi connectivity index (χ4v) is 2.30. The van der Waals surface area contributed by atoms with Gasteiger partial charge in [-0.1, -0.05) is 6.07 Å². The third kappa shape index (κ3) is 3.15. The summed E-state index contributed by atoms with van der Waals surface area (Å²) in [4.78, 5) is 12.3. The largest absolute Gasteiger partial charge is 0.494 e. The third-order valence-electron chi connectivity index (χ3n) is 3.62. The fraction of sp³-hybridized carbons (Fsp3) is 0.176. The van der Waals surface area contributed by atoms with Crippen molar-refractivity contribution in [2.75, 3.05) is 7.11 Å². The molecule has 1 atom stereocenters. The van der Waals surface area contributed by atoms with Crippen LogP contribution in [0.1, 0.15) is 29.0 Å². The van der Waals surface area contributed by atoms with Gasteiger partial charge in [0.15, 0.2) is 23.0 Å². The summed E-state index contributed by atoms with van der Waals surface area (Å²) in [7, 11) is 1.40. The first-order chi connectivity index (χ1) is 11.6. The predicted octanol–water partition coefficient (Wildman–Crippen LogP) is 3.31. The van der Waals surface area contributed by atoms with Gasteiger partial charge in [-0.05, 0) is 36.8 Å². The maximum absolute atomic E-state index is 13.8. The molecule has 0 aliphatic carbocycles. The van der Waals surface area contributed by atoms with E-state index in [0.717, 1.165) is 0 Å². The number of nitrogens with one attached hydrogen (secondary N) is 2. The first-order valence-corrected chi connectivity index (χ1v) is 7.32. The maximum Gasteiger partial charge on any atom is 0.272 e. The van der Waals surface area contributed by atoms with E-state index < -0.39 is 5.82 Å². The molecule has 1 amide bonds. The lowest BCUT2D eigenvalue weighted by molar-refractivity contribution is 0.0934. The molecular weight excluding hydrogens is 313 g/mol. The number of furan rings is 1. The zero-order valence-corrected chi connectivity index (χ0v) is 13.2. The van der Waals surface area contributed by atoms with Gasteiger partial charge in [0.2, 0.25) is 0 Å². The number of halogens is 1. The lowest BCUT2D eigenvalue weighted by atomic mass is 10.1. The minimum Gasteiger partial charge on any atom is -0.494 e. The van der Waals surface area contributed by atoms with Gasteiger partial charge >= 0.3 is 0 Å². The first kappa shape index (κ1) is 15.8. The smallest absolute Gasteiger partial charge is 0.272 e. The van der Waals surface area contributed by atoms with Gasteiger partial charge in [0.05, 0.1) is 19.4 Å². The first-order valence-electron chi connectivity index (χ1n) is 7.32. The molecule has 7 heteroatoms. The van der Waals surface area contributed by atoms with Crippen molar-refractivity contribution in [3.8, 4) is 17.2 Å². The Hall–Kier alpha value is -3.09. The molecule has 24 heavy (non-hydrogen) atoms. The molecule has 0 fully saturated rings. The van der Waals surface area contributed by atoms with Crippen molar-refractivity contribution in [3.63, 3.8) is 0 Å². The topological polar surface area (TPSA) is 80.1 Å². The van der Waals surface area contributed by atoms with Gasteiger partial charge in [-0.15, -0.1) is 0 Å². The van der Waals surface area contributed by atoms with Crippen molar-refractivity contribution in [1.29, 1.82) is 0 Å². The Balaban J connectivity index is 1.71. The number of nitrogens with zero attached hydrogens (tertiary/aromatic N) is 1. The number of methoxy groups -OCH3 is 1. The molecule has 1 aromatic carbocycles. The third-order valence-corrected chi connectivity index (χ3v) is 3.62. The Labute approximate surface area is 137 Å². The number of ether oxygens (including phenoxy) is 1. The second kappa shape index (κ2) is 6.57. The zero-order chi connectivity index (χ0) is 17.1. The number of aromatic nitrogens is 2. The van der Waals surface area contributed by atoms with E-state index in [1.165, 1.54) is 25.5 Å². The van der Waals surface area contributed by atoms with E-state index in [1.807, 2.05) is 0 Å². The number of H-pyrrole nitrogens is 1. The van der Waals surface area contributed by atoms with Gasteiger partial charge in [0, 0.05) is 6.07 Å². The Bertz CT molecular complexity index is 843. The Kier molecular flexibility index (Phi) is 4.33. The second-order valence-corrected chi connectivity index (χ2v) is 5.23. The summed E-state index contributed by atoms with van der Waals surface area (Å²) >= 11 is 0. The van der Waals surface area contributed by atoms with Crippen molar-refractivity contribution >= 4 is 5.91 Å². The monoisotopic (exact) mass is 329 g/mol. The standard InChI is InChI=1S/C17H16FN3O3/c1-10(11-5-6-15(23-2)12(18)8-11)19-17(22)14-9-13(20-21-14)16-4-3-7-24-16/h3-10H,1-2H3,(H,19,22)(H,20,21). The molecule has 0 aliphatic heterocycles. The molecule has 0 spiro atoms. The summed E-state index contributed by atoms with van der Waals surface area (Å²) < 4.78 is 23.9. The molecule has 6 nitrogen and oxygen atoms in total. The molecule has 2 aromatic heterocycles. The Morgan fingerprint density at radius 1 is 1.38 bits per heavy atom. The number of hydrogen-bond donors (Lipinski definition) is 2. The number of amides is 1. The number of carbonyl (C=O) groups is 1. The molecular formula is C17H16FN3O3. The van der Waals surface area contributed by atoms with E-state index in [2.05, 4.69) is 15.5 Å². The highest BCUT2D eigenvalue weighted by Crippen LogP contribution is 2.22. The number of benzene rings is 1. The van der Waals surface area contributed by atoms with E-state index in [9.17, 15) is 9.18 Å². The molecule has 0 saturated carbocycles. The highest BCUT2D eigenvalue weighted by Gasteiger charge is 2.17. The molecule has 2 N–H and O–H groups in total. The summed E-state index contributed by atoms with van der Waals surface area (Å²) in [6.45, 7) is 1.76. The van der Waals surface area contributed by atoms with Crippen molar-refractivity contribution in [2.45, 2.75) is 13.0 Å². The lowest BCUT2D eigenvalue weighted by Gasteiger charge is -2.14. The van der Waals surface area contributed by atoms with E-state index >= 15 is 0 Å². The normalized spacial score (nSPS) is 12.0. The van der Waals surface area contributed by atoms with E-state index in [0.29, 0.717) is 17.0 Å². The van der Waals surface area contributed by atoms with Crippen LogP contribution in [0, 0.1) is 5.82 Å². The molecule has 0 bridgehead atoms. The quantitative estimate of drug-likeness (QED) is 0.752. The maximum atomic E-state index is 13.8. The Morgan fingerprint density at radius 3 is 2.88 bits per heavy atom. The van der Waals surface area contributed by atoms with Crippen LogP contribution in [0.25, 0.3) is 11.5 Å². The van der Waals surface area contributed by atoms with Crippen molar-refractivity contribution in [3.05, 3.63) is 59.7 Å². The van der Waals surface area contributed by atoms with E-state index in [1.54, 1.807) is 31.2 Å². The second-order valence-electron chi connectivity index (χ2n) is 5.23. The molecule has 0 saturated heterocycles. The number of aromatic amines is 1. The molecule has 124 valence electrons. The zero-order valence-electron chi connectivity index (χ0n) is 13.2. The average molecular weight is 329 g/mol. The van der Waals surface area contributed by atoms with Crippen LogP contribution in [0.15, 0.2) is 47.1 Å². The number of hydrogen-bond acceptors (Lipinski definition) is 4. The van der Waals surface area contributed by atoms with Gasteiger partial charge in [-0.3, -0.25) is 9.89 Å². The summed E-state index contributed by atoms with van der Waals surface area (Å²) in [5, 5.41) is 9.49. The summed E-state index contributed by atoms with van der Waals surface area (Å²) in [5.74, 6) is -0.0942. The molecule has 1 unspecified atom stereocenters. The highest BCUT2D eigenvalue weighted by atomic mass is 19.1. The summed E-state index contributed by atoms with van der Waals surface area (Å²) in [5.41, 5.74) is 1.46. The van der Waals surface area contributed by atoms with Gasteiger partial charge in [0.25, 0.3) is 5.91 Å². The lowest BCUT2D eigenvalue weighted by Crippen LogP contribution is -2.27. The number of carbonyl (C=O) groups excluding carboxylic acids is 1. The van der Waals surface area contributed by atoms with Crippen LogP contribution in [0.3, 0.4) is 0 Å². The minimum absolute atomic E-state index is 0.160. The van der Waals surface area contributed by atoms with Gasteiger partial charge in [0.1, 0.15) is 5.69 Å². The van der Waals surface area contributed by atoms with Crippen molar-refractivity contribution in [2.24, 2.45) is 0 Å². The molecule has 0 aliphatic rings. The number of rotatable bonds is 5. The SMILES string of the molecule is COc1ccc(C(C)NC(=O)c2cc(-c3ccco3)[nH]n2)cc1F. The summed E-state index contributed by atoms with van der Waals surface area (Å²) in [6.07, 6.45) is 1.54. The summed E-state index contributed by atoms with van der Waals surface area (Å²) in [6, 6.07) is 9.27. The van der Waals surface area contributed by atoms with Gasteiger partial charge in [-0.2, -0.15) is 5.10 Å². The highest BCUT2D eigenvalue weighted by molar-refractivity contribution is 5.93. The fourth-order valence-electron chi connectivity index (χ4n) is 2.30. The minimum atomic E-state index is -0.476. The molecule has 2 heterocycles. The Morgan fingerprint density at radius 2 is 2.21 bits per heavy atom. The van der Waals surface area contributed by atoms with Crippen LogP contribution in [0.4, 0.5) is 4.39 Å². The van der Waals surface area contributed by atoms with Crippen LogP contribution < -0.4 is 10.1 Å². The van der Waals surface area contributed by atoms with E-state index in [-0.39, 0.29) is 23.4 Å². The van der Waals surface area contributed by atoms with Crippen molar-refractivity contribution in [1.82, 2.24) is 15.5 Å². The van der Waals surface area contributed by atoms with Crippen molar-refractivity contribution < 1.29 is 18.3 Å². The van der Waals surface area contributed by atoms with Crippen LogP contribution in [0.5, 0.6) is 5.75 Å². The van der Waals surface area contributed by atoms with Crippen LogP contribution >= 0.6 is 0 Å². The molecule has 0 radical (unpaired) electrons. The van der Waals surface area contributed by atoms with Crippen LogP contribution in [0.2, 0.25) is 0 Å². The van der Waals surface area contributed by atoms with Crippen LogP contribution in [-0.2, 0) is 0 Å². The van der Waals surface area contributed by atoms with Gasteiger partial charge in [-0.25, -0.2) is 4.39 Å². The van der Waals surface area contributed by atoms with Gasteiger partial charge < -0.3 is 14.5 Å². The predicted molar refractivity (Wildman–Crippen MR) is 85.1 cm³/mol. The van der Waals surface area contributed by atoms with Crippen LogP contribution in [-0.4, -0.2) is 23.2 Å².